The second-order valence-electron chi connectivity index (χ2n) is 32.6. The van der Waals surface area contributed by atoms with Crippen LogP contribution in [0, 0.1) is 23.7 Å². The number of unbranched alkanes of at least 4 members (excludes halogenated alkanes) is 2. The molecule has 28 unspecified atom stereocenters. The van der Waals surface area contributed by atoms with Crippen molar-refractivity contribution in [1.29, 1.82) is 0 Å². The van der Waals surface area contributed by atoms with Crippen LogP contribution in [0.3, 0.4) is 0 Å². The highest BCUT2D eigenvalue weighted by Gasteiger charge is 2.58. The third kappa shape index (κ3) is 27.7. The average Bonchev–Trinajstić information content (AvgIpc) is 0.864. The van der Waals surface area contributed by atoms with Gasteiger partial charge in [0.1, 0.15) is 90.4 Å². The van der Waals surface area contributed by atoms with Crippen LogP contribution in [0.4, 0.5) is 0 Å². The summed E-state index contributed by atoms with van der Waals surface area (Å²) < 4.78 is 41.7. The smallest absolute Gasteiger partial charge is 0.364 e. The molecule has 0 bridgehead atoms. The fourth-order valence-corrected chi connectivity index (χ4v) is 16.7. The van der Waals surface area contributed by atoms with Crippen molar-refractivity contribution in [3.63, 3.8) is 0 Å². The molecule has 0 spiro atoms. The summed E-state index contributed by atoms with van der Waals surface area (Å²) in [5, 5.41) is 186. The second-order valence-corrected chi connectivity index (χ2v) is 33.5. The number of aliphatic hydroxyl groups is 14. The van der Waals surface area contributed by atoms with E-state index in [2.05, 4.69) is 31.6 Å². The van der Waals surface area contributed by atoms with Gasteiger partial charge in [-0.3, -0.25) is 28.9 Å². The number of aromatic nitrogens is 4. The SMILES string of the molecule is CCCCCNCC(O)C(O)C(OC1OC(COC2(C(=O)O)CC(O)C(NC(C)=O)C(C(O)C(O)Cn3cc(Cc4csc(C(Cc5ccccc5)NC(=O)C(C)C(OC)C5CCCN5C(=O)CC(OC)C(C(C)CC)N(C)C(=O)C(NC(=O)C(C(C)C)N(C)CC(O)C(O)C(O)C(O)COCC)C(C)C)n4)nn3)O2)C(O)C(O)C1O)C(O)CO. The first-order valence-electron chi connectivity index (χ1n) is 41.4. The lowest BCUT2D eigenvalue weighted by atomic mass is 9.88. The molecule has 6 rings (SSSR count). The molecular weight excluding hydrogens is 1590 g/mol. The van der Waals surface area contributed by atoms with E-state index in [0.29, 0.717) is 55.2 Å². The Kier molecular flexibility index (Phi) is 41.9. The Bertz CT molecular complexity index is 3580. The molecule has 3 fully saturated rings. The number of carboxylic acids is 1. The van der Waals surface area contributed by atoms with Crippen LogP contribution >= 0.6 is 11.3 Å². The lowest BCUT2D eigenvalue weighted by Gasteiger charge is -2.47. The van der Waals surface area contributed by atoms with Gasteiger partial charge in [-0.15, -0.1) is 16.4 Å². The molecule has 5 amide bonds. The van der Waals surface area contributed by atoms with E-state index in [4.69, 9.17) is 38.1 Å². The van der Waals surface area contributed by atoms with E-state index in [1.807, 2.05) is 51.1 Å². The zero-order valence-corrected chi connectivity index (χ0v) is 72.1. The molecule has 0 saturated carbocycles. The fourth-order valence-electron chi connectivity index (χ4n) is 15.8. The summed E-state index contributed by atoms with van der Waals surface area (Å²) in [6.45, 7) is 15.2. The van der Waals surface area contributed by atoms with Gasteiger partial charge < -0.3 is 141 Å². The minimum atomic E-state index is -2.97. The molecule has 2 aromatic heterocycles. The molecule has 28 atom stereocenters. The first-order valence-corrected chi connectivity index (χ1v) is 42.3. The van der Waals surface area contributed by atoms with Gasteiger partial charge in [-0.25, -0.2) is 14.5 Å². The number of hydrogen-bond donors (Lipinski definition) is 19. The predicted octanol–water partition coefficient (Wildman–Crippen LogP) is -3.56. The number of carbonyl (C=O) groups is 6. The molecule has 39 nitrogen and oxygen atoms in total. The fraction of sp³-hybridized carbons (Fsp3) is 0.787. The summed E-state index contributed by atoms with van der Waals surface area (Å²) in [5.74, 6) is -9.21. The van der Waals surface area contributed by atoms with Crippen molar-refractivity contribution >= 4 is 46.8 Å². The molecular formula is C80H135N11O28S. The summed E-state index contributed by atoms with van der Waals surface area (Å²) in [7, 11) is 6.13. The Morgan fingerprint density at radius 1 is 0.800 bits per heavy atom. The van der Waals surface area contributed by atoms with Gasteiger partial charge in [0.05, 0.1) is 111 Å². The number of benzene rings is 1. The number of methoxy groups -OCH3 is 2. The topological polar surface area (TPSA) is 572 Å². The van der Waals surface area contributed by atoms with Crippen LogP contribution in [0.2, 0.25) is 0 Å². The van der Waals surface area contributed by atoms with Crippen LogP contribution in [0.1, 0.15) is 149 Å². The van der Waals surface area contributed by atoms with Gasteiger partial charge in [0.2, 0.25) is 29.5 Å². The quantitative estimate of drug-likeness (QED) is 0.0243. The zero-order chi connectivity index (χ0) is 89.3. The van der Waals surface area contributed by atoms with E-state index >= 15 is 0 Å². The Hall–Kier alpha value is -6.11. The van der Waals surface area contributed by atoms with E-state index in [9.17, 15) is 105 Å². The first-order chi connectivity index (χ1) is 56.7. The van der Waals surface area contributed by atoms with Gasteiger partial charge in [0.15, 0.2) is 6.29 Å². The van der Waals surface area contributed by atoms with Crippen molar-refractivity contribution in [2.24, 2.45) is 23.7 Å². The maximum atomic E-state index is 14.9. The summed E-state index contributed by atoms with van der Waals surface area (Å²) in [5.41, 5.74) is 1.69. The lowest BCUT2D eigenvalue weighted by molar-refractivity contribution is -0.349. The second kappa shape index (κ2) is 49.0. The molecule has 3 aliphatic rings. The van der Waals surface area contributed by atoms with E-state index < -0.39 is 226 Å². The van der Waals surface area contributed by atoms with Gasteiger partial charge in [-0.2, -0.15) is 0 Å². The highest BCUT2D eigenvalue weighted by molar-refractivity contribution is 7.09. The zero-order valence-electron chi connectivity index (χ0n) is 71.3. The Morgan fingerprint density at radius 2 is 1.48 bits per heavy atom. The van der Waals surface area contributed by atoms with Crippen molar-refractivity contribution in [3.05, 3.63) is 63.9 Å². The Balaban J connectivity index is 1.12. The van der Waals surface area contributed by atoms with Crippen molar-refractivity contribution in [2.75, 3.05) is 80.9 Å². The van der Waals surface area contributed by atoms with Crippen LogP contribution in [-0.4, -0.2) is 380 Å². The van der Waals surface area contributed by atoms with E-state index in [1.54, 1.807) is 65.9 Å². The number of aliphatic hydroxyl groups excluding tert-OH is 14. The highest BCUT2D eigenvalue weighted by atomic mass is 32.1. The van der Waals surface area contributed by atoms with Crippen LogP contribution < -0.4 is 21.3 Å². The molecule has 120 heavy (non-hydrogen) atoms. The summed E-state index contributed by atoms with van der Waals surface area (Å²) >= 11 is 1.27. The molecule has 0 radical (unpaired) electrons. The monoisotopic (exact) mass is 1730 g/mol. The van der Waals surface area contributed by atoms with Crippen molar-refractivity contribution in [2.45, 2.75) is 298 Å². The van der Waals surface area contributed by atoms with Crippen LogP contribution in [0.25, 0.3) is 0 Å². The number of thiazole rings is 1. The minimum Gasteiger partial charge on any atom is -0.477 e. The standard InChI is InChI=1S/C80H135N11O28S/c1-15-18-22-27-81-33-52(95)66(103)72(55(98)37-92)118-78-70(107)69(106)68(105)58(117-78)39-116-80(79(111)112)32-51(94)61(82-45(10)93)73(119-80)67(104)54(97)36-90-34-47(86-87-90)30-48-40-120-76(83-48)49(29-46-24-20-19-21-25-46)84-74(108)44(9)71(114-14)50-26-23-28-91(50)59(100)31-57(113-13)63(43(8)16-2)89(12)77(110)60(41(4)5)85-75(109)62(42(6)7)88(11)35-53(96)64(101)65(102)56(99)38-115-17-3/h19-21,24-25,34,40-44,49-58,60-73,78,81,92,94-99,101-107H,15-18,22-23,26-33,35-39H2,1-14H3,(H,82,93)(H,84,108)(H,85,109)(H,111,112). The summed E-state index contributed by atoms with van der Waals surface area (Å²) in [6.07, 6.45) is -28.9. The number of nitrogens with one attached hydrogen (secondary N) is 4. The summed E-state index contributed by atoms with van der Waals surface area (Å²) in [4.78, 5) is 94.5. The number of likely N-dealkylation sites (tertiary alicyclic amines) is 1. The Morgan fingerprint density at radius 3 is 2.09 bits per heavy atom. The number of nitrogens with zero attached hydrogens (tertiary/aromatic N) is 7. The third-order valence-electron chi connectivity index (χ3n) is 22.8. The summed E-state index contributed by atoms with van der Waals surface area (Å²) in [6, 6.07) is 3.85. The van der Waals surface area contributed by atoms with Crippen LogP contribution in [0.15, 0.2) is 41.9 Å². The third-order valence-corrected chi connectivity index (χ3v) is 23.8. The number of carboxylic acid groups (broad SMARTS) is 1. The van der Waals surface area contributed by atoms with Crippen molar-refractivity contribution < 1.29 is 139 Å². The van der Waals surface area contributed by atoms with E-state index in [0.717, 1.165) is 36.4 Å². The van der Waals surface area contributed by atoms with Gasteiger partial charge in [-0.1, -0.05) is 110 Å². The van der Waals surface area contributed by atoms with Crippen LogP contribution in [-0.2, 0) is 81.3 Å². The number of aliphatic carboxylic acids is 1. The molecule has 0 aliphatic carbocycles. The molecule has 3 aromatic rings. The van der Waals surface area contributed by atoms with E-state index in [1.165, 1.54) is 41.6 Å². The molecule has 40 heteroatoms. The van der Waals surface area contributed by atoms with E-state index in [-0.39, 0.29) is 56.9 Å². The number of rotatable bonds is 52. The molecule has 3 aliphatic heterocycles. The van der Waals surface area contributed by atoms with Gasteiger partial charge in [0.25, 0.3) is 5.79 Å². The van der Waals surface area contributed by atoms with Crippen molar-refractivity contribution in [1.82, 2.24) is 55.9 Å². The van der Waals surface area contributed by atoms with Gasteiger partial charge in [0, 0.05) is 78.9 Å². The Labute approximate surface area is 705 Å². The highest BCUT2D eigenvalue weighted by Crippen LogP contribution is 2.37. The van der Waals surface area contributed by atoms with Crippen molar-refractivity contribution in [3.8, 4) is 0 Å². The molecule has 684 valence electrons. The number of amides is 5. The molecule has 19 N–H and O–H groups in total. The maximum Gasteiger partial charge on any atom is 0.364 e. The first kappa shape index (κ1) is 103. The van der Waals surface area contributed by atoms with Crippen LogP contribution in [0.5, 0.6) is 0 Å². The molecule has 1 aromatic carbocycles. The number of carbonyl (C=O) groups excluding carboxylic acids is 5. The van der Waals surface area contributed by atoms with Gasteiger partial charge >= 0.3 is 5.97 Å². The number of likely N-dealkylation sites (N-methyl/N-ethyl adjacent to an activating group) is 2. The normalized spacial score (nSPS) is 25.6. The maximum absolute atomic E-state index is 14.9. The minimum absolute atomic E-state index is 0.0631. The largest absolute Gasteiger partial charge is 0.477 e. The number of ether oxygens (including phenoxy) is 7. The number of hydrogen-bond acceptors (Lipinski definition) is 33. The van der Waals surface area contributed by atoms with Gasteiger partial charge in [-0.05, 0) is 69.5 Å². The predicted molar refractivity (Wildman–Crippen MR) is 431 cm³/mol. The lowest BCUT2D eigenvalue weighted by Crippen LogP contribution is -2.68. The average molecular weight is 1730 g/mol. The molecule has 3 saturated heterocycles. The molecule has 5 heterocycles.